The molecule has 7 nitrogen and oxygen atoms in total. The molecule has 0 radical (unpaired) electrons. The summed E-state index contributed by atoms with van der Waals surface area (Å²) in [6.07, 6.45) is -1.41. The minimum absolute atomic E-state index is 0.287. The van der Waals surface area contributed by atoms with Gasteiger partial charge in [0, 0.05) is 29.7 Å². The highest BCUT2D eigenvalue weighted by molar-refractivity contribution is 5.57. The second kappa shape index (κ2) is 18.3. The van der Waals surface area contributed by atoms with Crippen LogP contribution in [0.25, 0.3) is 0 Å². The first-order valence-electron chi connectivity index (χ1n) is 19.2. The van der Waals surface area contributed by atoms with Crippen molar-refractivity contribution < 1.29 is 33.5 Å². The molecule has 7 aromatic rings. The number of rotatable bonds is 16. The van der Waals surface area contributed by atoms with E-state index in [1.807, 2.05) is 176 Å². The van der Waals surface area contributed by atoms with Gasteiger partial charge in [0.05, 0.1) is 6.10 Å². The highest BCUT2D eigenvalue weighted by Crippen LogP contribution is 2.47. The standard InChI is InChI=1S/C50H44O7/c51-44-30-43-45(53-32-37-18-8-2-9-19-37)28-42(52-31-36-16-6-1-7-17-36)29-46(43)57-49(44)41-26-47(54-33-38-20-10-3-11-21-38)50(56-35-40-24-14-5-15-25-40)48(27-41)55-34-39-22-12-4-13-23-39/h1-29,44,49,51H,30-35H2/t44-,49-/m0/s1. The third-order valence-electron chi connectivity index (χ3n) is 9.72. The van der Waals surface area contributed by atoms with Crippen LogP contribution in [0, 0.1) is 0 Å². The average Bonchev–Trinajstić information content (AvgIpc) is 3.27. The van der Waals surface area contributed by atoms with Crippen molar-refractivity contribution in [2.75, 3.05) is 0 Å². The molecule has 0 saturated heterocycles. The zero-order valence-electron chi connectivity index (χ0n) is 31.5. The fraction of sp³-hybridized carbons (Fsp3) is 0.160. The van der Waals surface area contributed by atoms with Crippen LogP contribution in [-0.2, 0) is 39.5 Å². The van der Waals surface area contributed by atoms with Gasteiger partial charge in [-0.2, -0.15) is 0 Å². The van der Waals surface area contributed by atoms with Gasteiger partial charge in [0.2, 0.25) is 5.75 Å². The van der Waals surface area contributed by atoms with Crippen LogP contribution < -0.4 is 28.4 Å². The quantitative estimate of drug-likeness (QED) is 0.105. The number of aliphatic hydroxyl groups excluding tert-OH is 1. The minimum atomic E-state index is -0.923. The van der Waals surface area contributed by atoms with Crippen molar-refractivity contribution >= 4 is 0 Å². The summed E-state index contributed by atoms with van der Waals surface area (Å²) in [4.78, 5) is 0. The third-order valence-corrected chi connectivity index (χ3v) is 9.72. The SMILES string of the molecule is O[C@H]1Cc2c(OCc3ccccc3)cc(OCc3ccccc3)cc2O[C@H]1c1cc(OCc2ccccc2)c(OCc2ccccc2)c(OCc2ccccc2)c1. The van der Waals surface area contributed by atoms with Crippen LogP contribution >= 0.6 is 0 Å². The average molecular weight is 757 g/mol. The van der Waals surface area contributed by atoms with E-state index < -0.39 is 12.2 Å². The normalized spacial score (nSPS) is 14.5. The number of hydrogen-bond acceptors (Lipinski definition) is 7. The molecule has 1 aliphatic heterocycles. The molecule has 57 heavy (non-hydrogen) atoms. The zero-order valence-corrected chi connectivity index (χ0v) is 31.5. The Morgan fingerprint density at radius 1 is 0.439 bits per heavy atom. The molecule has 7 heteroatoms. The minimum Gasteiger partial charge on any atom is -0.489 e. The van der Waals surface area contributed by atoms with Crippen molar-refractivity contribution in [1.29, 1.82) is 0 Å². The van der Waals surface area contributed by atoms with Crippen molar-refractivity contribution in [3.63, 3.8) is 0 Å². The van der Waals surface area contributed by atoms with Crippen LogP contribution in [0.1, 0.15) is 45.0 Å². The van der Waals surface area contributed by atoms with E-state index in [9.17, 15) is 5.11 Å². The number of hydrogen-bond donors (Lipinski definition) is 1. The lowest BCUT2D eigenvalue weighted by Gasteiger charge is -2.33. The number of benzene rings is 7. The van der Waals surface area contributed by atoms with Gasteiger partial charge in [0.1, 0.15) is 50.3 Å². The molecule has 1 heterocycles. The predicted octanol–water partition coefficient (Wildman–Crippen LogP) is 10.6. The van der Waals surface area contributed by atoms with Gasteiger partial charge in [-0.25, -0.2) is 0 Å². The van der Waals surface area contributed by atoms with Gasteiger partial charge >= 0.3 is 0 Å². The summed E-state index contributed by atoms with van der Waals surface area (Å²) in [6, 6.07) is 57.4. The molecule has 0 saturated carbocycles. The van der Waals surface area contributed by atoms with Crippen molar-refractivity contribution in [2.24, 2.45) is 0 Å². The summed E-state index contributed by atoms with van der Waals surface area (Å²) in [7, 11) is 0. The Morgan fingerprint density at radius 2 is 0.825 bits per heavy atom. The van der Waals surface area contributed by atoms with Crippen LogP contribution in [0.15, 0.2) is 176 Å². The lowest BCUT2D eigenvalue weighted by molar-refractivity contribution is 0.0191. The molecular formula is C50H44O7. The predicted molar refractivity (Wildman–Crippen MR) is 220 cm³/mol. The molecular weight excluding hydrogens is 713 g/mol. The molecule has 0 aliphatic carbocycles. The van der Waals surface area contributed by atoms with Crippen molar-refractivity contribution in [3.05, 3.63) is 215 Å². The van der Waals surface area contributed by atoms with E-state index in [1.165, 1.54) is 0 Å². The third kappa shape index (κ3) is 9.76. The Bertz CT molecular complexity index is 2250. The number of aliphatic hydroxyl groups is 1. The maximum atomic E-state index is 11.9. The van der Waals surface area contributed by atoms with E-state index in [0.717, 1.165) is 33.4 Å². The fourth-order valence-electron chi connectivity index (χ4n) is 6.73. The monoisotopic (exact) mass is 756 g/mol. The number of ether oxygens (including phenoxy) is 6. The molecule has 286 valence electrons. The molecule has 0 unspecified atom stereocenters. The first-order valence-corrected chi connectivity index (χ1v) is 19.2. The molecule has 0 bridgehead atoms. The Morgan fingerprint density at radius 3 is 1.26 bits per heavy atom. The summed E-state index contributed by atoms with van der Waals surface area (Å²) >= 11 is 0. The molecule has 1 aliphatic rings. The van der Waals surface area contributed by atoms with Gasteiger partial charge < -0.3 is 33.5 Å². The second-order valence-corrected chi connectivity index (χ2v) is 13.9. The van der Waals surface area contributed by atoms with Crippen LogP contribution in [0.2, 0.25) is 0 Å². The molecule has 0 aromatic heterocycles. The van der Waals surface area contributed by atoms with Crippen LogP contribution in [0.5, 0.6) is 34.5 Å². The Labute approximate surface area is 333 Å². The first-order chi connectivity index (χ1) is 28.1. The Balaban J connectivity index is 1.15. The lowest BCUT2D eigenvalue weighted by atomic mass is 9.93. The summed E-state index contributed by atoms with van der Waals surface area (Å²) in [5.41, 5.74) is 6.51. The van der Waals surface area contributed by atoms with Crippen molar-refractivity contribution in [2.45, 2.75) is 51.7 Å². The van der Waals surface area contributed by atoms with Gasteiger partial charge in [0.15, 0.2) is 17.6 Å². The summed E-state index contributed by atoms with van der Waals surface area (Å²) < 4.78 is 39.1. The Kier molecular flexibility index (Phi) is 11.9. The molecule has 1 N–H and O–H groups in total. The van der Waals surface area contributed by atoms with Gasteiger partial charge in [0.25, 0.3) is 0 Å². The zero-order chi connectivity index (χ0) is 38.7. The van der Waals surface area contributed by atoms with Crippen LogP contribution in [-0.4, -0.2) is 11.2 Å². The summed E-state index contributed by atoms with van der Waals surface area (Å²) in [6.45, 7) is 1.62. The highest BCUT2D eigenvalue weighted by Gasteiger charge is 2.34. The summed E-state index contributed by atoms with van der Waals surface area (Å²) in [5, 5.41) is 11.9. The second-order valence-electron chi connectivity index (χ2n) is 13.9. The first kappa shape index (κ1) is 37.2. The van der Waals surface area contributed by atoms with Crippen molar-refractivity contribution in [3.8, 4) is 34.5 Å². The molecule has 2 atom stereocenters. The maximum Gasteiger partial charge on any atom is 0.203 e. The fourth-order valence-corrected chi connectivity index (χ4v) is 6.73. The molecule has 0 fully saturated rings. The smallest absolute Gasteiger partial charge is 0.203 e. The van der Waals surface area contributed by atoms with Gasteiger partial charge in [-0.15, -0.1) is 0 Å². The van der Waals surface area contributed by atoms with E-state index in [0.29, 0.717) is 73.1 Å². The maximum absolute atomic E-state index is 11.9. The topological polar surface area (TPSA) is 75.6 Å². The van der Waals surface area contributed by atoms with E-state index in [4.69, 9.17) is 28.4 Å². The van der Waals surface area contributed by atoms with E-state index in [-0.39, 0.29) is 6.42 Å². The van der Waals surface area contributed by atoms with Crippen LogP contribution in [0.4, 0.5) is 0 Å². The van der Waals surface area contributed by atoms with E-state index in [2.05, 4.69) is 0 Å². The molecule has 8 rings (SSSR count). The summed E-state index contributed by atoms with van der Waals surface area (Å²) in [5.74, 6) is 3.18. The van der Waals surface area contributed by atoms with Gasteiger partial charge in [-0.1, -0.05) is 152 Å². The van der Waals surface area contributed by atoms with E-state index in [1.54, 1.807) is 0 Å². The number of fused-ring (bicyclic) bond motifs is 1. The molecule has 0 spiro atoms. The lowest BCUT2D eigenvalue weighted by Crippen LogP contribution is -2.30. The Hall–Kier alpha value is -6.70. The van der Waals surface area contributed by atoms with E-state index >= 15 is 0 Å². The molecule has 0 amide bonds. The largest absolute Gasteiger partial charge is 0.489 e. The van der Waals surface area contributed by atoms with Crippen molar-refractivity contribution in [1.82, 2.24) is 0 Å². The molecule has 7 aromatic carbocycles. The van der Waals surface area contributed by atoms with Crippen LogP contribution in [0.3, 0.4) is 0 Å². The van der Waals surface area contributed by atoms with Gasteiger partial charge in [-0.05, 0) is 39.9 Å². The van der Waals surface area contributed by atoms with Gasteiger partial charge in [-0.3, -0.25) is 0 Å². The highest BCUT2D eigenvalue weighted by atomic mass is 16.5.